The number of hydrogen-bond donors (Lipinski definition) is 1. The fraction of sp³-hybridized carbons (Fsp3) is 0.278. The number of amides is 1. The smallest absolute Gasteiger partial charge is 0.228 e. The Kier molecular flexibility index (Phi) is 3.31. The zero-order valence-electron chi connectivity index (χ0n) is 11.9. The summed E-state index contributed by atoms with van der Waals surface area (Å²) in [5, 5.41) is 3.09. The van der Waals surface area contributed by atoms with E-state index in [-0.39, 0.29) is 11.8 Å². The molecule has 2 aromatic carbocycles. The Balaban J connectivity index is 1.74. The van der Waals surface area contributed by atoms with E-state index < -0.39 is 0 Å². The van der Waals surface area contributed by atoms with Crippen molar-refractivity contribution in [3.8, 4) is 0 Å². The van der Waals surface area contributed by atoms with Crippen LogP contribution < -0.4 is 5.32 Å². The van der Waals surface area contributed by atoms with Crippen molar-refractivity contribution < 1.29 is 4.79 Å². The van der Waals surface area contributed by atoms with E-state index in [1.165, 1.54) is 16.7 Å². The summed E-state index contributed by atoms with van der Waals surface area (Å²) in [6, 6.07) is 14.5. The summed E-state index contributed by atoms with van der Waals surface area (Å²) in [6.45, 7) is 4.07. The Morgan fingerprint density at radius 3 is 2.35 bits per heavy atom. The van der Waals surface area contributed by atoms with E-state index in [9.17, 15) is 4.79 Å². The SMILES string of the molecule is Cc1ccc(C)c(NC(=O)C2Cc3ccccc3C2)c1. The summed E-state index contributed by atoms with van der Waals surface area (Å²) in [5.41, 5.74) is 5.84. The largest absolute Gasteiger partial charge is 0.326 e. The number of rotatable bonds is 2. The number of carbonyl (C=O) groups is 1. The van der Waals surface area contributed by atoms with Crippen LogP contribution >= 0.6 is 0 Å². The van der Waals surface area contributed by atoms with E-state index >= 15 is 0 Å². The molecule has 0 aromatic heterocycles. The zero-order valence-corrected chi connectivity index (χ0v) is 11.9. The zero-order chi connectivity index (χ0) is 14.1. The first kappa shape index (κ1) is 12.9. The molecule has 0 heterocycles. The van der Waals surface area contributed by atoms with E-state index in [2.05, 4.69) is 23.5 Å². The van der Waals surface area contributed by atoms with Crippen LogP contribution in [-0.4, -0.2) is 5.91 Å². The first-order valence-electron chi connectivity index (χ1n) is 7.08. The maximum Gasteiger partial charge on any atom is 0.228 e. The Morgan fingerprint density at radius 2 is 1.70 bits per heavy atom. The molecule has 0 saturated heterocycles. The highest BCUT2D eigenvalue weighted by Crippen LogP contribution is 2.28. The van der Waals surface area contributed by atoms with Gasteiger partial charge in [-0.05, 0) is 55.0 Å². The first-order chi connectivity index (χ1) is 9.63. The molecule has 2 nitrogen and oxygen atoms in total. The molecule has 2 heteroatoms. The lowest BCUT2D eigenvalue weighted by atomic mass is 10.0. The van der Waals surface area contributed by atoms with Gasteiger partial charge in [-0.1, -0.05) is 36.4 Å². The molecule has 0 atom stereocenters. The molecule has 0 fully saturated rings. The molecule has 0 saturated carbocycles. The first-order valence-corrected chi connectivity index (χ1v) is 7.08. The molecular formula is C18H19NO. The highest BCUT2D eigenvalue weighted by Gasteiger charge is 2.27. The Hall–Kier alpha value is -2.09. The van der Waals surface area contributed by atoms with Gasteiger partial charge in [0.05, 0.1) is 0 Å². The minimum atomic E-state index is 0.0623. The number of nitrogens with one attached hydrogen (secondary N) is 1. The molecule has 0 bridgehead atoms. The van der Waals surface area contributed by atoms with Crippen LogP contribution in [0.5, 0.6) is 0 Å². The van der Waals surface area contributed by atoms with Gasteiger partial charge in [-0.25, -0.2) is 0 Å². The number of benzene rings is 2. The lowest BCUT2D eigenvalue weighted by molar-refractivity contribution is -0.119. The predicted octanol–water partition coefficient (Wildman–Crippen LogP) is 3.66. The molecule has 2 aromatic rings. The van der Waals surface area contributed by atoms with Gasteiger partial charge in [-0.2, -0.15) is 0 Å². The van der Waals surface area contributed by atoms with Gasteiger partial charge in [-0.3, -0.25) is 4.79 Å². The Bertz CT molecular complexity index is 635. The summed E-state index contributed by atoms with van der Waals surface area (Å²) in [5.74, 6) is 0.196. The predicted molar refractivity (Wildman–Crippen MR) is 81.9 cm³/mol. The van der Waals surface area contributed by atoms with Crippen molar-refractivity contribution >= 4 is 11.6 Å². The molecular weight excluding hydrogens is 246 g/mol. The second-order valence-corrected chi connectivity index (χ2v) is 5.68. The third kappa shape index (κ3) is 2.46. The van der Waals surface area contributed by atoms with Crippen LogP contribution in [0.3, 0.4) is 0 Å². The van der Waals surface area contributed by atoms with Crippen molar-refractivity contribution in [3.63, 3.8) is 0 Å². The van der Waals surface area contributed by atoms with Crippen molar-refractivity contribution in [2.45, 2.75) is 26.7 Å². The monoisotopic (exact) mass is 265 g/mol. The molecule has 102 valence electrons. The van der Waals surface area contributed by atoms with E-state index in [1.54, 1.807) is 0 Å². The normalized spacial score (nSPS) is 14.1. The highest BCUT2D eigenvalue weighted by atomic mass is 16.1. The van der Waals surface area contributed by atoms with E-state index in [4.69, 9.17) is 0 Å². The number of anilines is 1. The molecule has 3 rings (SSSR count). The Morgan fingerprint density at radius 1 is 1.05 bits per heavy atom. The topological polar surface area (TPSA) is 29.1 Å². The van der Waals surface area contributed by atoms with Crippen LogP contribution in [0.2, 0.25) is 0 Å². The fourth-order valence-electron chi connectivity index (χ4n) is 2.85. The number of hydrogen-bond acceptors (Lipinski definition) is 1. The fourth-order valence-corrected chi connectivity index (χ4v) is 2.85. The molecule has 1 N–H and O–H groups in total. The number of carbonyl (C=O) groups excluding carboxylic acids is 1. The quantitative estimate of drug-likeness (QED) is 0.882. The van der Waals surface area contributed by atoms with Crippen molar-refractivity contribution in [1.82, 2.24) is 0 Å². The summed E-state index contributed by atoms with van der Waals surface area (Å²) in [6.07, 6.45) is 1.71. The number of aryl methyl sites for hydroxylation is 2. The lowest BCUT2D eigenvalue weighted by Gasteiger charge is -2.13. The van der Waals surface area contributed by atoms with Gasteiger partial charge in [0.2, 0.25) is 5.91 Å². The number of fused-ring (bicyclic) bond motifs is 1. The summed E-state index contributed by atoms with van der Waals surface area (Å²) in [4.78, 5) is 12.4. The van der Waals surface area contributed by atoms with Crippen LogP contribution in [0.15, 0.2) is 42.5 Å². The second kappa shape index (κ2) is 5.12. The minimum Gasteiger partial charge on any atom is -0.326 e. The van der Waals surface area contributed by atoms with Crippen LogP contribution in [0.1, 0.15) is 22.3 Å². The summed E-state index contributed by atoms with van der Waals surface area (Å²) in [7, 11) is 0. The van der Waals surface area contributed by atoms with E-state index in [1.807, 2.05) is 38.1 Å². The van der Waals surface area contributed by atoms with Crippen molar-refractivity contribution in [1.29, 1.82) is 0 Å². The maximum atomic E-state index is 12.4. The van der Waals surface area contributed by atoms with Crippen molar-refractivity contribution in [3.05, 3.63) is 64.7 Å². The minimum absolute atomic E-state index is 0.0623. The third-order valence-electron chi connectivity index (χ3n) is 4.07. The average molecular weight is 265 g/mol. The lowest BCUT2D eigenvalue weighted by Crippen LogP contribution is -2.23. The average Bonchev–Trinajstić information content (AvgIpc) is 2.87. The summed E-state index contributed by atoms with van der Waals surface area (Å²) < 4.78 is 0. The molecule has 0 radical (unpaired) electrons. The van der Waals surface area contributed by atoms with Gasteiger partial charge >= 0.3 is 0 Å². The van der Waals surface area contributed by atoms with Gasteiger partial charge in [0.15, 0.2) is 0 Å². The Labute approximate surface area is 119 Å². The van der Waals surface area contributed by atoms with Gasteiger partial charge in [0, 0.05) is 11.6 Å². The van der Waals surface area contributed by atoms with E-state index in [0.29, 0.717) is 0 Å². The maximum absolute atomic E-state index is 12.4. The molecule has 20 heavy (non-hydrogen) atoms. The highest BCUT2D eigenvalue weighted by molar-refractivity contribution is 5.94. The second-order valence-electron chi connectivity index (χ2n) is 5.68. The third-order valence-corrected chi connectivity index (χ3v) is 4.07. The molecule has 0 unspecified atom stereocenters. The van der Waals surface area contributed by atoms with Gasteiger partial charge in [-0.15, -0.1) is 0 Å². The van der Waals surface area contributed by atoms with Crippen LogP contribution in [0, 0.1) is 19.8 Å². The van der Waals surface area contributed by atoms with Gasteiger partial charge < -0.3 is 5.32 Å². The van der Waals surface area contributed by atoms with Crippen LogP contribution in [0.25, 0.3) is 0 Å². The van der Waals surface area contributed by atoms with Crippen molar-refractivity contribution in [2.75, 3.05) is 5.32 Å². The van der Waals surface area contributed by atoms with Gasteiger partial charge in [0.1, 0.15) is 0 Å². The van der Waals surface area contributed by atoms with E-state index in [0.717, 1.165) is 24.1 Å². The van der Waals surface area contributed by atoms with Crippen molar-refractivity contribution in [2.24, 2.45) is 5.92 Å². The molecule has 1 aliphatic rings. The standard InChI is InChI=1S/C18H19NO/c1-12-7-8-13(2)17(9-12)19-18(20)16-10-14-5-3-4-6-15(14)11-16/h3-9,16H,10-11H2,1-2H3,(H,19,20). The molecule has 0 spiro atoms. The molecule has 1 amide bonds. The van der Waals surface area contributed by atoms with Crippen LogP contribution in [0.4, 0.5) is 5.69 Å². The summed E-state index contributed by atoms with van der Waals surface area (Å²) >= 11 is 0. The molecule has 1 aliphatic carbocycles. The van der Waals surface area contributed by atoms with Gasteiger partial charge in [0.25, 0.3) is 0 Å². The molecule has 0 aliphatic heterocycles. The van der Waals surface area contributed by atoms with Crippen LogP contribution in [-0.2, 0) is 17.6 Å².